The van der Waals surface area contributed by atoms with Crippen LogP contribution in [0.25, 0.3) is 0 Å². The molecule has 3 N–H and O–H groups in total. The molecule has 0 radical (unpaired) electrons. The molecule has 1 aromatic carbocycles. The van der Waals surface area contributed by atoms with Crippen LogP contribution in [0.2, 0.25) is 0 Å². The Bertz CT molecular complexity index is 1110. The maximum atomic E-state index is 13.2. The molecule has 1 saturated heterocycles. The van der Waals surface area contributed by atoms with E-state index in [9.17, 15) is 19.2 Å². The fourth-order valence-electron chi connectivity index (χ4n) is 4.19. The van der Waals surface area contributed by atoms with Crippen LogP contribution in [-0.2, 0) is 18.4 Å². The summed E-state index contributed by atoms with van der Waals surface area (Å²) in [6.07, 6.45) is 3.50. The molecule has 9 nitrogen and oxygen atoms in total. The number of nitrogen functional groups attached to an aromatic ring is 1. The van der Waals surface area contributed by atoms with Crippen molar-refractivity contribution in [1.82, 2.24) is 19.4 Å². The van der Waals surface area contributed by atoms with E-state index in [1.165, 1.54) is 11.6 Å². The lowest BCUT2D eigenvalue weighted by molar-refractivity contribution is -0.126. The lowest BCUT2D eigenvalue weighted by Gasteiger charge is -2.31. The Labute approximate surface area is 193 Å². The van der Waals surface area contributed by atoms with Gasteiger partial charge in [-0.05, 0) is 31.4 Å². The first-order valence-electron chi connectivity index (χ1n) is 11.5. The molecule has 0 aliphatic carbocycles. The van der Waals surface area contributed by atoms with E-state index in [2.05, 4.69) is 12.2 Å². The maximum Gasteiger partial charge on any atom is 0.332 e. The number of rotatable bonds is 9. The van der Waals surface area contributed by atoms with E-state index in [1.807, 2.05) is 35.2 Å². The standard InChI is InChI=1S/C24H33N5O4/c1-3-4-12-26-22(31)18-11-8-13-28(15-18)16-19(30)20-21(25)29(24(33)27(2)23(20)32)14-17-9-6-5-7-10-17/h5-7,9-10,18H,3-4,8,11-16,25H2,1-2H3,(H,26,31). The molecule has 0 spiro atoms. The van der Waals surface area contributed by atoms with Gasteiger partial charge >= 0.3 is 5.69 Å². The van der Waals surface area contributed by atoms with Crippen molar-refractivity contribution in [2.75, 3.05) is 31.9 Å². The van der Waals surface area contributed by atoms with Gasteiger partial charge in [0, 0.05) is 20.1 Å². The number of carbonyl (C=O) groups excluding carboxylic acids is 2. The summed E-state index contributed by atoms with van der Waals surface area (Å²) < 4.78 is 2.18. The average molecular weight is 456 g/mol. The van der Waals surface area contributed by atoms with Gasteiger partial charge in [0.05, 0.1) is 19.0 Å². The summed E-state index contributed by atoms with van der Waals surface area (Å²) in [7, 11) is 1.35. The van der Waals surface area contributed by atoms with Gasteiger partial charge in [0.1, 0.15) is 11.4 Å². The molecule has 1 aromatic heterocycles. The van der Waals surface area contributed by atoms with Gasteiger partial charge in [0.25, 0.3) is 5.56 Å². The normalized spacial score (nSPS) is 16.5. The smallest absolute Gasteiger partial charge is 0.332 e. The molecular formula is C24H33N5O4. The van der Waals surface area contributed by atoms with E-state index in [4.69, 9.17) is 5.73 Å². The largest absolute Gasteiger partial charge is 0.384 e. The number of anilines is 1. The lowest BCUT2D eigenvalue weighted by atomic mass is 9.96. The van der Waals surface area contributed by atoms with Crippen LogP contribution in [0.4, 0.5) is 5.82 Å². The molecule has 1 amide bonds. The summed E-state index contributed by atoms with van der Waals surface area (Å²) in [4.78, 5) is 53.0. The minimum Gasteiger partial charge on any atom is -0.384 e. The third-order valence-electron chi connectivity index (χ3n) is 6.12. The zero-order valence-corrected chi connectivity index (χ0v) is 19.4. The number of amides is 1. The Morgan fingerprint density at radius 2 is 1.91 bits per heavy atom. The third-order valence-corrected chi connectivity index (χ3v) is 6.12. The Morgan fingerprint density at radius 1 is 1.18 bits per heavy atom. The molecule has 1 unspecified atom stereocenters. The topological polar surface area (TPSA) is 119 Å². The highest BCUT2D eigenvalue weighted by molar-refractivity contribution is 6.01. The molecule has 2 aromatic rings. The van der Waals surface area contributed by atoms with Crippen molar-refractivity contribution in [3.05, 3.63) is 62.3 Å². The number of carbonyl (C=O) groups is 2. The van der Waals surface area contributed by atoms with E-state index in [0.29, 0.717) is 19.6 Å². The van der Waals surface area contributed by atoms with Gasteiger partial charge in [-0.25, -0.2) is 4.79 Å². The molecular weight excluding hydrogens is 422 g/mol. The second-order valence-electron chi connectivity index (χ2n) is 8.62. The first-order valence-corrected chi connectivity index (χ1v) is 11.5. The van der Waals surface area contributed by atoms with Crippen LogP contribution >= 0.6 is 0 Å². The number of hydrogen-bond donors (Lipinski definition) is 2. The fourth-order valence-corrected chi connectivity index (χ4v) is 4.19. The summed E-state index contributed by atoms with van der Waals surface area (Å²) in [6.45, 7) is 3.96. The number of benzene rings is 1. The van der Waals surface area contributed by atoms with Crippen LogP contribution in [0.5, 0.6) is 0 Å². The first-order chi connectivity index (χ1) is 15.8. The van der Waals surface area contributed by atoms with E-state index in [-0.39, 0.29) is 36.3 Å². The molecule has 1 atom stereocenters. The van der Waals surface area contributed by atoms with E-state index >= 15 is 0 Å². The zero-order chi connectivity index (χ0) is 24.0. The number of nitrogens with one attached hydrogen (secondary N) is 1. The average Bonchev–Trinajstić information content (AvgIpc) is 2.81. The van der Waals surface area contributed by atoms with Crippen LogP contribution in [-0.4, -0.2) is 51.9 Å². The maximum absolute atomic E-state index is 13.2. The molecule has 9 heteroatoms. The van der Waals surface area contributed by atoms with Gasteiger partial charge < -0.3 is 11.1 Å². The van der Waals surface area contributed by atoms with Crippen molar-refractivity contribution in [2.45, 2.75) is 39.2 Å². The Morgan fingerprint density at radius 3 is 2.61 bits per heavy atom. The van der Waals surface area contributed by atoms with E-state index in [1.54, 1.807) is 0 Å². The molecule has 1 aliphatic rings. The van der Waals surface area contributed by atoms with Crippen LogP contribution in [0.3, 0.4) is 0 Å². The van der Waals surface area contributed by atoms with Gasteiger partial charge in [-0.3, -0.25) is 28.4 Å². The highest BCUT2D eigenvalue weighted by Crippen LogP contribution is 2.18. The van der Waals surface area contributed by atoms with Crippen molar-refractivity contribution in [1.29, 1.82) is 0 Å². The number of Topliss-reactive ketones (excluding diaryl/α,β-unsaturated/α-hetero) is 1. The minimum absolute atomic E-state index is 0.00689. The minimum atomic E-state index is -0.697. The molecule has 0 bridgehead atoms. The molecule has 2 heterocycles. The summed E-state index contributed by atoms with van der Waals surface area (Å²) >= 11 is 0. The van der Waals surface area contributed by atoms with Crippen molar-refractivity contribution >= 4 is 17.5 Å². The summed E-state index contributed by atoms with van der Waals surface area (Å²) in [5, 5.41) is 2.96. The number of nitrogens with zero attached hydrogens (tertiary/aromatic N) is 3. The highest BCUT2D eigenvalue weighted by Gasteiger charge is 2.29. The van der Waals surface area contributed by atoms with Gasteiger partial charge in [-0.15, -0.1) is 0 Å². The van der Waals surface area contributed by atoms with Crippen molar-refractivity contribution in [3.8, 4) is 0 Å². The number of unbranched alkanes of at least 4 members (excludes halogenated alkanes) is 1. The number of ketones is 1. The second-order valence-corrected chi connectivity index (χ2v) is 8.62. The SMILES string of the molecule is CCCCNC(=O)C1CCCN(CC(=O)c2c(N)n(Cc3ccccc3)c(=O)n(C)c2=O)C1. The number of nitrogens with two attached hydrogens (primary N) is 1. The van der Waals surface area contributed by atoms with Crippen LogP contribution < -0.4 is 22.3 Å². The molecule has 33 heavy (non-hydrogen) atoms. The highest BCUT2D eigenvalue weighted by atomic mass is 16.2. The quantitative estimate of drug-likeness (QED) is 0.430. The number of hydrogen-bond acceptors (Lipinski definition) is 6. The summed E-state index contributed by atoms with van der Waals surface area (Å²) in [5.41, 5.74) is 5.58. The number of likely N-dealkylation sites (tertiary alicyclic amines) is 1. The van der Waals surface area contributed by atoms with Gasteiger partial charge in [-0.2, -0.15) is 0 Å². The van der Waals surface area contributed by atoms with E-state index in [0.717, 1.165) is 35.8 Å². The van der Waals surface area contributed by atoms with Gasteiger partial charge in [0.15, 0.2) is 5.78 Å². The molecule has 1 aliphatic heterocycles. The van der Waals surface area contributed by atoms with Gasteiger partial charge in [-0.1, -0.05) is 43.7 Å². The summed E-state index contributed by atoms with van der Waals surface area (Å²) in [5.74, 6) is -0.743. The second kappa shape index (κ2) is 11.1. The number of aromatic nitrogens is 2. The van der Waals surface area contributed by atoms with Crippen LogP contribution in [0.1, 0.15) is 48.5 Å². The Hall–Kier alpha value is -3.20. The van der Waals surface area contributed by atoms with Gasteiger partial charge in [0.2, 0.25) is 5.91 Å². The van der Waals surface area contributed by atoms with Crippen molar-refractivity contribution in [3.63, 3.8) is 0 Å². The molecule has 1 fully saturated rings. The molecule has 3 rings (SSSR count). The third kappa shape index (κ3) is 5.78. The monoisotopic (exact) mass is 455 g/mol. The Kier molecular flexibility index (Phi) is 8.21. The predicted molar refractivity (Wildman–Crippen MR) is 127 cm³/mol. The van der Waals surface area contributed by atoms with Crippen molar-refractivity contribution in [2.24, 2.45) is 13.0 Å². The fraction of sp³-hybridized carbons (Fsp3) is 0.500. The first kappa shape index (κ1) is 24.4. The lowest BCUT2D eigenvalue weighted by Crippen LogP contribution is -2.47. The summed E-state index contributed by atoms with van der Waals surface area (Å²) in [6, 6.07) is 9.24. The van der Waals surface area contributed by atoms with Crippen LogP contribution in [0.15, 0.2) is 39.9 Å². The molecule has 0 saturated carbocycles. The van der Waals surface area contributed by atoms with Crippen LogP contribution in [0, 0.1) is 5.92 Å². The van der Waals surface area contributed by atoms with E-state index < -0.39 is 17.0 Å². The van der Waals surface area contributed by atoms with Crippen molar-refractivity contribution < 1.29 is 9.59 Å². The zero-order valence-electron chi connectivity index (χ0n) is 19.4. The Balaban J connectivity index is 1.78. The number of piperidine rings is 1. The predicted octanol–water partition coefficient (Wildman–Crippen LogP) is 0.989. The molecule has 178 valence electrons.